The Morgan fingerprint density at radius 3 is 2.59 bits per heavy atom. The molecule has 0 amide bonds. The number of ether oxygens (including phenoxy) is 2. The molecule has 4 rings (SSSR count). The second-order valence-corrected chi connectivity index (χ2v) is 5.65. The number of phenols is 1. The second-order valence-electron chi connectivity index (χ2n) is 5.65. The van der Waals surface area contributed by atoms with E-state index in [-0.39, 0.29) is 46.0 Å². The zero-order chi connectivity index (χ0) is 15.6. The van der Waals surface area contributed by atoms with Gasteiger partial charge in [-0.1, -0.05) is 0 Å². The normalized spacial score (nSPS) is 29.9. The monoisotopic (exact) mass is 300 g/mol. The van der Waals surface area contributed by atoms with E-state index in [1.807, 2.05) is 0 Å². The molecule has 2 aliphatic heterocycles. The quantitative estimate of drug-likeness (QED) is 0.723. The minimum Gasteiger partial charge on any atom is -0.508 e. The predicted molar refractivity (Wildman–Crippen MR) is 72.6 cm³/mol. The van der Waals surface area contributed by atoms with Crippen LogP contribution in [-0.2, 0) is 14.3 Å². The van der Waals surface area contributed by atoms with Crippen molar-refractivity contribution in [2.24, 2.45) is 0 Å². The molecule has 2 heterocycles. The van der Waals surface area contributed by atoms with E-state index in [0.29, 0.717) is 0 Å². The Morgan fingerprint density at radius 1 is 1.09 bits per heavy atom. The number of carbonyl (C=O) groups excluding carboxylic acids is 3. The molecule has 1 N–H and O–H groups in total. The number of aromatic hydroxyl groups is 1. The van der Waals surface area contributed by atoms with E-state index in [1.54, 1.807) is 6.92 Å². The van der Waals surface area contributed by atoms with Gasteiger partial charge in [-0.2, -0.15) is 0 Å². The Balaban J connectivity index is 1.93. The van der Waals surface area contributed by atoms with Gasteiger partial charge in [0, 0.05) is 16.7 Å². The van der Waals surface area contributed by atoms with Crippen molar-refractivity contribution in [1.29, 1.82) is 0 Å². The summed E-state index contributed by atoms with van der Waals surface area (Å²) in [4.78, 5) is 37.0. The SMILES string of the molecule is C[C@@H]1O[C@H]2CC(=O)O[C@H]2C2=C1C(=O)c1ccc(O)cc1C2=O. The van der Waals surface area contributed by atoms with Crippen LogP contribution >= 0.6 is 0 Å². The zero-order valence-electron chi connectivity index (χ0n) is 11.7. The molecule has 6 nitrogen and oxygen atoms in total. The summed E-state index contributed by atoms with van der Waals surface area (Å²) in [5.74, 6) is -1.25. The maximum Gasteiger partial charge on any atom is 0.309 e. The highest BCUT2D eigenvalue weighted by Gasteiger charge is 2.50. The van der Waals surface area contributed by atoms with Crippen LogP contribution in [0, 0.1) is 0 Å². The Hall–Kier alpha value is -2.47. The highest BCUT2D eigenvalue weighted by Crippen LogP contribution is 2.41. The molecular weight excluding hydrogens is 288 g/mol. The molecule has 0 saturated carbocycles. The molecule has 1 aromatic carbocycles. The first kappa shape index (κ1) is 13.2. The number of phenolic OH excluding ortho intramolecular Hbond substituents is 1. The van der Waals surface area contributed by atoms with Crippen LogP contribution in [0.25, 0.3) is 0 Å². The fourth-order valence-electron chi connectivity index (χ4n) is 3.37. The summed E-state index contributed by atoms with van der Waals surface area (Å²) in [6.07, 6.45) is -1.90. The van der Waals surface area contributed by atoms with Gasteiger partial charge in [-0.15, -0.1) is 0 Å². The van der Waals surface area contributed by atoms with Crippen molar-refractivity contribution >= 4 is 17.5 Å². The first-order chi connectivity index (χ1) is 10.5. The summed E-state index contributed by atoms with van der Waals surface area (Å²) in [6, 6.07) is 4.06. The standard InChI is InChI=1S/C16H12O6/c1-6-12-13(16-10(21-6)5-11(18)22-16)15(20)9-4-7(17)2-3-8(9)14(12)19/h2-4,6,10,16-17H,5H2,1H3/t6-,10-,16+/m0/s1. The van der Waals surface area contributed by atoms with Gasteiger partial charge in [0.2, 0.25) is 0 Å². The summed E-state index contributed by atoms with van der Waals surface area (Å²) in [6.45, 7) is 1.69. The Morgan fingerprint density at radius 2 is 1.82 bits per heavy atom. The Bertz CT molecular complexity index is 775. The molecule has 1 fully saturated rings. The van der Waals surface area contributed by atoms with Crippen molar-refractivity contribution in [2.45, 2.75) is 31.7 Å². The summed E-state index contributed by atoms with van der Waals surface area (Å²) in [5.41, 5.74) is 0.816. The van der Waals surface area contributed by atoms with E-state index in [9.17, 15) is 19.5 Å². The number of carbonyl (C=O) groups is 3. The first-order valence-electron chi connectivity index (χ1n) is 6.99. The number of ketones is 2. The van der Waals surface area contributed by atoms with E-state index in [4.69, 9.17) is 9.47 Å². The highest BCUT2D eigenvalue weighted by molar-refractivity contribution is 6.28. The smallest absolute Gasteiger partial charge is 0.309 e. The molecule has 0 bridgehead atoms. The third kappa shape index (κ3) is 1.61. The number of hydrogen-bond acceptors (Lipinski definition) is 6. The lowest BCUT2D eigenvalue weighted by Gasteiger charge is -2.35. The largest absolute Gasteiger partial charge is 0.508 e. The molecule has 0 aromatic heterocycles. The van der Waals surface area contributed by atoms with E-state index < -0.39 is 24.3 Å². The van der Waals surface area contributed by atoms with Gasteiger partial charge in [0.05, 0.1) is 18.1 Å². The van der Waals surface area contributed by atoms with Crippen LogP contribution in [0.15, 0.2) is 29.3 Å². The third-order valence-electron chi connectivity index (χ3n) is 4.31. The summed E-state index contributed by atoms with van der Waals surface area (Å²) in [7, 11) is 0. The number of fused-ring (bicyclic) bond motifs is 3. The van der Waals surface area contributed by atoms with Crippen LogP contribution in [0.4, 0.5) is 0 Å². The van der Waals surface area contributed by atoms with Crippen molar-refractivity contribution < 1.29 is 29.0 Å². The van der Waals surface area contributed by atoms with Crippen LogP contribution in [0.1, 0.15) is 34.1 Å². The average Bonchev–Trinajstić information content (AvgIpc) is 2.83. The van der Waals surface area contributed by atoms with Crippen LogP contribution in [-0.4, -0.2) is 41.0 Å². The van der Waals surface area contributed by atoms with Crippen molar-refractivity contribution in [3.63, 3.8) is 0 Å². The van der Waals surface area contributed by atoms with Gasteiger partial charge >= 0.3 is 5.97 Å². The molecule has 112 valence electrons. The van der Waals surface area contributed by atoms with E-state index in [0.717, 1.165) is 0 Å². The molecule has 6 heteroatoms. The van der Waals surface area contributed by atoms with Crippen LogP contribution in [0.5, 0.6) is 5.75 Å². The van der Waals surface area contributed by atoms with Gasteiger partial charge in [0.15, 0.2) is 17.7 Å². The number of rotatable bonds is 0. The fraction of sp³-hybridized carbons (Fsp3) is 0.312. The molecule has 3 aliphatic rings. The van der Waals surface area contributed by atoms with E-state index in [2.05, 4.69) is 0 Å². The number of benzene rings is 1. The van der Waals surface area contributed by atoms with Crippen molar-refractivity contribution in [1.82, 2.24) is 0 Å². The lowest BCUT2D eigenvalue weighted by molar-refractivity contribution is -0.140. The van der Waals surface area contributed by atoms with Gasteiger partial charge in [-0.25, -0.2) is 0 Å². The number of Topliss-reactive ketones (excluding diaryl/α,β-unsaturated/α-hetero) is 2. The van der Waals surface area contributed by atoms with Crippen molar-refractivity contribution in [2.75, 3.05) is 0 Å². The molecule has 22 heavy (non-hydrogen) atoms. The molecule has 3 atom stereocenters. The average molecular weight is 300 g/mol. The second kappa shape index (κ2) is 4.27. The van der Waals surface area contributed by atoms with E-state index in [1.165, 1.54) is 18.2 Å². The third-order valence-corrected chi connectivity index (χ3v) is 4.31. The number of hydrogen-bond donors (Lipinski definition) is 1. The number of esters is 1. The van der Waals surface area contributed by atoms with Crippen LogP contribution < -0.4 is 0 Å². The van der Waals surface area contributed by atoms with Crippen molar-refractivity contribution in [3.8, 4) is 5.75 Å². The molecule has 1 aliphatic carbocycles. The first-order valence-corrected chi connectivity index (χ1v) is 6.99. The summed E-state index contributed by atoms with van der Waals surface area (Å²) in [5, 5.41) is 9.58. The predicted octanol–water partition coefficient (Wildman–Crippen LogP) is 1.17. The van der Waals surface area contributed by atoms with Gasteiger partial charge < -0.3 is 14.6 Å². The molecule has 1 aromatic rings. The maximum atomic E-state index is 12.8. The summed E-state index contributed by atoms with van der Waals surface area (Å²) >= 11 is 0. The van der Waals surface area contributed by atoms with Crippen LogP contribution in [0.3, 0.4) is 0 Å². The van der Waals surface area contributed by atoms with Crippen LogP contribution in [0.2, 0.25) is 0 Å². The molecular formula is C16H12O6. The minimum absolute atomic E-state index is 0.0696. The molecule has 0 spiro atoms. The lowest BCUT2D eigenvalue weighted by atomic mass is 9.77. The summed E-state index contributed by atoms with van der Waals surface area (Å²) < 4.78 is 10.9. The van der Waals surface area contributed by atoms with Gasteiger partial charge in [0.25, 0.3) is 0 Å². The zero-order valence-corrected chi connectivity index (χ0v) is 11.7. The highest BCUT2D eigenvalue weighted by atomic mass is 16.6. The van der Waals surface area contributed by atoms with E-state index >= 15 is 0 Å². The van der Waals surface area contributed by atoms with Crippen molar-refractivity contribution in [3.05, 3.63) is 40.5 Å². The lowest BCUT2D eigenvalue weighted by Crippen LogP contribution is -2.44. The maximum absolute atomic E-state index is 12.8. The topological polar surface area (TPSA) is 89.9 Å². The molecule has 0 radical (unpaired) electrons. The minimum atomic E-state index is -0.842. The molecule has 0 unspecified atom stereocenters. The van der Waals surface area contributed by atoms with Gasteiger partial charge in [-0.3, -0.25) is 14.4 Å². The molecule has 1 saturated heterocycles. The fourth-order valence-corrected chi connectivity index (χ4v) is 3.37. The Kier molecular flexibility index (Phi) is 2.56. The van der Waals surface area contributed by atoms with Gasteiger partial charge in [-0.05, 0) is 25.1 Å². The Labute approximate surface area is 125 Å². The van der Waals surface area contributed by atoms with Gasteiger partial charge in [0.1, 0.15) is 11.9 Å².